The molecule has 8 heteroatoms. The average Bonchev–Trinajstić information content (AvgIpc) is 2.96. The summed E-state index contributed by atoms with van der Waals surface area (Å²) >= 11 is 6.91. The Hall–Kier alpha value is -0.500. The molecule has 2 bridgehead atoms. The lowest BCUT2D eigenvalue weighted by atomic mass is 9.78. The third-order valence-corrected chi connectivity index (χ3v) is 8.28. The molecule has 0 aliphatic heterocycles. The van der Waals surface area contributed by atoms with Gasteiger partial charge in [-0.2, -0.15) is 4.91 Å². The van der Waals surface area contributed by atoms with Crippen molar-refractivity contribution in [1.29, 1.82) is 0 Å². The van der Waals surface area contributed by atoms with Gasteiger partial charge >= 0.3 is 0 Å². The molecular weight excluding hydrogens is 344 g/mol. The first-order valence-electron chi connectivity index (χ1n) is 7.54. The molecule has 2 aliphatic rings. The van der Waals surface area contributed by atoms with Crippen molar-refractivity contribution in [1.82, 2.24) is 4.72 Å². The quantitative estimate of drug-likeness (QED) is 0.809. The topological polar surface area (TPSA) is 75.6 Å². The van der Waals surface area contributed by atoms with Gasteiger partial charge in [-0.25, -0.2) is 13.1 Å². The summed E-state index contributed by atoms with van der Waals surface area (Å²) in [7, 11) is -3.60. The van der Waals surface area contributed by atoms with Crippen molar-refractivity contribution in [2.45, 2.75) is 48.8 Å². The highest BCUT2D eigenvalue weighted by Gasteiger charge is 2.51. The van der Waals surface area contributed by atoms with Gasteiger partial charge in [0.15, 0.2) is 0 Å². The first-order valence-corrected chi connectivity index (χ1v) is 10.2. The highest BCUT2D eigenvalue weighted by atomic mass is 35.5. The molecule has 1 aromatic rings. The summed E-state index contributed by atoms with van der Waals surface area (Å²) in [5.41, 5.74) is -0.308. The number of thiophene rings is 1. The van der Waals surface area contributed by atoms with Gasteiger partial charge < -0.3 is 0 Å². The summed E-state index contributed by atoms with van der Waals surface area (Å²) in [5, 5.41) is 3.12. The van der Waals surface area contributed by atoms with Crippen LogP contribution in [0.1, 0.15) is 38.5 Å². The molecular formula is C14H19ClN2O3S2. The third-order valence-electron chi connectivity index (χ3n) is 5.12. The van der Waals surface area contributed by atoms with E-state index in [1.54, 1.807) is 6.07 Å². The van der Waals surface area contributed by atoms with E-state index in [9.17, 15) is 13.3 Å². The molecule has 5 nitrogen and oxygen atoms in total. The number of hydrogen-bond acceptors (Lipinski definition) is 5. The lowest BCUT2D eigenvalue weighted by Gasteiger charge is -2.34. The predicted octanol–water partition coefficient (Wildman–Crippen LogP) is 3.79. The molecule has 0 aromatic carbocycles. The minimum atomic E-state index is -3.60. The summed E-state index contributed by atoms with van der Waals surface area (Å²) in [6.07, 6.45) is 5.85. The number of nitroso groups, excluding NO2 is 1. The summed E-state index contributed by atoms with van der Waals surface area (Å²) in [5.74, 6) is 0.300. The van der Waals surface area contributed by atoms with E-state index in [2.05, 4.69) is 9.90 Å². The zero-order valence-corrected chi connectivity index (χ0v) is 14.5. The Balaban J connectivity index is 1.90. The summed E-state index contributed by atoms with van der Waals surface area (Å²) in [6, 6.07) is 2.92. The molecule has 0 spiro atoms. The number of rotatable bonds is 5. The molecule has 3 rings (SSSR count). The first kappa shape index (κ1) is 16.4. The fraction of sp³-hybridized carbons (Fsp3) is 0.714. The van der Waals surface area contributed by atoms with Crippen LogP contribution >= 0.6 is 22.9 Å². The van der Waals surface area contributed by atoms with Crippen LogP contribution in [0.25, 0.3) is 0 Å². The number of nitrogens with one attached hydrogen (secondary N) is 1. The second kappa shape index (κ2) is 6.19. The second-order valence-electron chi connectivity index (χ2n) is 6.35. The fourth-order valence-corrected chi connectivity index (χ4v) is 6.95. The van der Waals surface area contributed by atoms with Crippen LogP contribution in [0.5, 0.6) is 0 Å². The molecule has 0 saturated heterocycles. The normalized spacial score (nSPS) is 31.9. The Labute approximate surface area is 139 Å². The van der Waals surface area contributed by atoms with E-state index >= 15 is 0 Å². The molecule has 2 saturated carbocycles. The van der Waals surface area contributed by atoms with Crippen LogP contribution in [0.3, 0.4) is 0 Å². The van der Waals surface area contributed by atoms with Crippen molar-refractivity contribution in [2.24, 2.45) is 16.5 Å². The van der Waals surface area contributed by atoms with Gasteiger partial charge in [0.25, 0.3) is 0 Å². The average molecular weight is 363 g/mol. The van der Waals surface area contributed by atoms with Gasteiger partial charge in [0, 0.05) is 11.5 Å². The molecule has 2 fully saturated rings. The molecule has 22 heavy (non-hydrogen) atoms. The molecule has 1 aromatic heterocycles. The van der Waals surface area contributed by atoms with E-state index in [4.69, 9.17) is 11.6 Å². The maximum Gasteiger partial charge on any atom is 0.250 e. The molecule has 1 N–H and O–H groups in total. The molecule has 0 unspecified atom stereocenters. The lowest BCUT2D eigenvalue weighted by molar-refractivity contribution is 0.226. The van der Waals surface area contributed by atoms with Crippen LogP contribution in [-0.2, 0) is 10.0 Å². The number of fused-ring (bicyclic) bond motifs is 2. The molecule has 0 radical (unpaired) electrons. The predicted molar refractivity (Wildman–Crippen MR) is 87.7 cm³/mol. The standard InChI is InChI=1S/C14H19ClN2O3S2/c15-11-4-5-12(21-11)22(19,20)17-13-10-3-1-2-7-14(13,8-6-10)9-16-18/h4-5,10,13,17H,1-3,6-9H2/t10-,13+,14+/m0/s1. The third kappa shape index (κ3) is 2.96. The maximum atomic E-state index is 12.6. The Kier molecular flexibility index (Phi) is 4.60. The molecule has 1 heterocycles. The van der Waals surface area contributed by atoms with Crippen molar-refractivity contribution in [3.63, 3.8) is 0 Å². The van der Waals surface area contributed by atoms with Crippen molar-refractivity contribution in [2.75, 3.05) is 6.54 Å². The van der Waals surface area contributed by atoms with E-state index in [1.165, 1.54) is 6.07 Å². The summed E-state index contributed by atoms with van der Waals surface area (Å²) in [6.45, 7) is 0.196. The van der Waals surface area contributed by atoms with Crippen molar-refractivity contribution >= 4 is 33.0 Å². The maximum absolute atomic E-state index is 12.6. The Morgan fingerprint density at radius 3 is 2.82 bits per heavy atom. The van der Waals surface area contributed by atoms with Crippen LogP contribution in [0.2, 0.25) is 4.34 Å². The highest BCUT2D eigenvalue weighted by Crippen LogP contribution is 2.50. The van der Waals surface area contributed by atoms with Gasteiger partial charge in [-0.15, -0.1) is 11.3 Å². The van der Waals surface area contributed by atoms with Gasteiger partial charge in [-0.05, 0) is 43.7 Å². The van der Waals surface area contributed by atoms with E-state index in [0.717, 1.165) is 49.9 Å². The monoisotopic (exact) mass is 362 g/mol. The van der Waals surface area contributed by atoms with Crippen LogP contribution in [0.15, 0.2) is 21.5 Å². The summed E-state index contributed by atoms with van der Waals surface area (Å²) < 4.78 is 28.8. The van der Waals surface area contributed by atoms with Gasteiger partial charge in [0.05, 0.1) is 10.9 Å². The Morgan fingerprint density at radius 2 is 2.14 bits per heavy atom. The molecule has 2 aliphatic carbocycles. The molecule has 3 atom stereocenters. The summed E-state index contributed by atoms with van der Waals surface area (Å²) in [4.78, 5) is 10.9. The van der Waals surface area contributed by atoms with E-state index in [1.807, 2.05) is 0 Å². The molecule has 0 amide bonds. The number of nitrogens with zero attached hydrogens (tertiary/aromatic N) is 1. The van der Waals surface area contributed by atoms with Gasteiger partial charge in [-0.3, -0.25) is 0 Å². The number of hydrogen-bond donors (Lipinski definition) is 1. The Morgan fingerprint density at radius 1 is 1.32 bits per heavy atom. The van der Waals surface area contributed by atoms with Crippen LogP contribution < -0.4 is 4.72 Å². The fourth-order valence-electron chi connectivity index (χ4n) is 4.04. The second-order valence-corrected chi connectivity index (χ2v) is 10.0. The highest BCUT2D eigenvalue weighted by molar-refractivity contribution is 7.91. The zero-order valence-electron chi connectivity index (χ0n) is 12.1. The number of sulfonamides is 1. The SMILES string of the molecule is O=NC[C@@]12CCCC[C@@H](CC1)[C@H]2NS(=O)(=O)c1ccc(Cl)s1. The minimum absolute atomic E-state index is 0.196. The van der Waals surface area contributed by atoms with Gasteiger partial charge in [0.1, 0.15) is 4.21 Å². The first-order chi connectivity index (χ1) is 10.5. The van der Waals surface area contributed by atoms with Crippen LogP contribution in [-0.4, -0.2) is 21.0 Å². The minimum Gasteiger partial charge on any atom is -0.206 e. The van der Waals surface area contributed by atoms with Crippen LogP contribution in [0, 0.1) is 16.2 Å². The zero-order chi connectivity index (χ0) is 15.8. The van der Waals surface area contributed by atoms with Gasteiger partial charge in [0.2, 0.25) is 10.0 Å². The van der Waals surface area contributed by atoms with Gasteiger partial charge in [-0.1, -0.05) is 29.6 Å². The molecule has 122 valence electrons. The lowest BCUT2D eigenvalue weighted by Crippen LogP contribution is -2.48. The smallest absolute Gasteiger partial charge is 0.206 e. The van der Waals surface area contributed by atoms with E-state index < -0.39 is 10.0 Å². The number of halogens is 1. The van der Waals surface area contributed by atoms with Crippen molar-refractivity contribution < 1.29 is 8.42 Å². The Bertz CT molecular complexity index is 661. The van der Waals surface area contributed by atoms with Crippen molar-refractivity contribution in [3.05, 3.63) is 21.4 Å². The van der Waals surface area contributed by atoms with Crippen molar-refractivity contribution in [3.8, 4) is 0 Å². The van der Waals surface area contributed by atoms with Crippen LogP contribution in [0.4, 0.5) is 0 Å². The largest absolute Gasteiger partial charge is 0.250 e. The van der Waals surface area contributed by atoms with E-state index in [-0.39, 0.29) is 22.2 Å². The van der Waals surface area contributed by atoms with E-state index in [0.29, 0.717) is 10.3 Å².